The van der Waals surface area contributed by atoms with Gasteiger partial charge in [0.25, 0.3) is 0 Å². The third-order valence-corrected chi connectivity index (χ3v) is 6.63. The van der Waals surface area contributed by atoms with Crippen molar-refractivity contribution in [3.63, 3.8) is 0 Å². The maximum Gasteiger partial charge on any atom is 0.0711 e. The number of aromatic nitrogens is 1. The molecule has 3 rings (SSSR count). The second-order valence-corrected chi connectivity index (χ2v) is 7.91. The van der Waals surface area contributed by atoms with Crippen molar-refractivity contribution in [2.24, 2.45) is 5.92 Å². The van der Waals surface area contributed by atoms with E-state index in [4.69, 9.17) is 0 Å². The van der Waals surface area contributed by atoms with E-state index < -0.39 is 0 Å². The second-order valence-electron chi connectivity index (χ2n) is 5.61. The lowest BCUT2D eigenvalue weighted by Gasteiger charge is -2.25. The van der Waals surface area contributed by atoms with Gasteiger partial charge >= 0.3 is 0 Å². The van der Waals surface area contributed by atoms with E-state index in [1.165, 1.54) is 23.0 Å². The minimum absolute atomic E-state index is 0.199. The highest BCUT2D eigenvalue weighted by Gasteiger charge is 2.35. The summed E-state index contributed by atoms with van der Waals surface area (Å²) in [5.74, 6) is 5.32. The molecule has 2 fully saturated rings. The normalized spacial score (nSPS) is 29.4. The summed E-state index contributed by atoms with van der Waals surface area (Å²) < 4.78 is 0. The first-order valence-electron chi connectivity index (χ1n) is 7.30. The molecule has 0 aromatic carbocycles. The van der Waals surface area contributed by atoms with Gasteiger partial charge < -0.3 is 5.11 Å². The highest BCUT2D eigenvalue weighted by atomic mass is 32.2. The van der Waals surface area contributed by atoms with E-state index in [0.29, 0.717) is 12.0 Å². The van der Waals surface area contributed by atoms with Crippen LogP contribution in [-0.2, 0) is 6.42 Å². The molecule has 2 aliphatic rings. The number of aliphatic hydroxyl groups excluding tert-OH is 1. The Morgan fingerprint density at radius 3 is 2.70 bits per heavy atom. The van der Waals surface area contributed by atoms with Crippen molar-refractivity contribution in [2.45, 2.75) is 18.6 Å². The topological polar surface area (TPSA) is 36.4 Å². The monoisotopic (exact) mass is 310 g/mol. The number of pyridine rings is 1. The lowest BCUT2D eigenvalue weighted by atomic mass is 10.00. The summed E-state index contributed by atoms with van der Waals surface area (Å²) in [5.41, 5.74) is 1.10. The Labute approximate surface area is 129 Å². The van der Waals surface area contributed by atoms with Crippen molar-refractivity contribution in [1.29, 1.82) is 0 Å². The molecule has 1 aromatic heterocycles. The molecule has 0 radical (unpaired) electrons. The molecule has 0 saturated carbocycles. The summed E-state index contributed by atoms with van der Waals surface area (Å²) in [6.45, 7) is 1.85. The smallest absolute Gasteiger partial charge is 0.0711 e. The molecule has 20 heavy (non-hydrogen) atoms. The predicted octanol–water partition coefficient (Wildman–Crippen LogP) is 1.77. The van der Waals surface area contributed by atoms with E-state index in [1.807, 2.05) is 18.3 Å². The molecule has 110 valence electrons. The fraction of sp³-hybridized carbons (Fsp3) is 0.667. The first-order chi connectivity index (χ1) is 9.83. The summed E-state index contributed by atoms with van der Waals surface area (Å²) in [5, 5.41) is 10.3. The van der Waals surface area contributed by atoms with E-state index in [-0.39, 0.29) is 6.10 Å². The van der Waals surface area contributed by atoms with Crippen molar-refractivity contribution in [2.75, 3.05) is 36.1 Å². The zero-order chi connectivity index (χ0) is 13.8. The quantitative estimate of drug-likeness (QED) is 0.921. The van der Waals surface area contributed by atoms with Gasteiger partial charge in [-0.2, -0.15) is 23.5 Å². The van der Waals surface area contributed by atoms with Gasteiger partial charge in [0.15, 0.2) is 0 Å². The maximum atomic E-state index is 10.3. The number of hydrogen-bond donors (Lipinski definition) is 1. The molecule has 0 spiro atoms. The van der Waals surface area contributed by atoms with Gasteiger partial charge in [0, 0.05) is 60.0 Å². The van der Waals surface area contributed by atoms with E-state index in [0.717, 1.165) is 25.2 Å². The Morgan fingerprint density at radius 2 is 2.00 bits per heavy atom. The predicted molar refractivity (Wildman–Crippen MR) is 87.4 cm³/mol. The van der Waals surface area contributed by atoms with Crippen molar-refractivity contribution in [3.05, 3.63) is 30.1 Å². The first-order valence-corrected chi connectivity index (χ1v) is 9.61. The van der Waals surface area contributed by atoms with Crippen molar-refractivity contribution < 1.29 is 5.11 Å². The minimum atomic E-state index is -0.199. The number of thioether (sulfide) groups is 2. The Hall–Kier alpha value is -0.230. The minimum Gasteiger partial charge on any atom is -0.391 e. The van der Waals surface area contributed by atoms with Crippen LogP contribution in [0.4, 0.5) is 0 Å². The molecule has 0 amide bonds. The van der Waals surface area contributed by atoms with Crippen LogP contribution in [0.1, 0.15) is 5.69 Å². The van der Waals surface area contributed by atoms with E-state index in [2.05, 4.69) is 39.5 Å². The van der Waals surface area contributed by atoms with Crippen LogP contribution >= 0.6 is 23.5 Å². The van der Waals surface area contributed by atoms with Crippen LogP contribution in [0.2, 0.25) is 0 Å². The fourth-order valence-electron chi connectivity index (χ4n) is 2.99. The molecule has 0 aliphatic carbocycles. The van der Waals surface area contributed by atoms with Gasteiger partial charge in [-0.15, -0.1) is 0 Å². The molecule has 0 unspecified atom stereocenters. The molecular formula is C15H22N2OS2. The van der Waals surface area contributed by atoms with Gasteiger partial charge in [-0.3, -0.25) is 9.88 Å². The van der Waals surface area contributed by atoms with Crippen LogP contribution in [0.5, 0.6) is 0 Å². The third-order valence-electron chi connectivity index (χ3n) is 4.14. The number of aliphatic hydroxyl groups is 1. The van der Waals surface area contributed by atoms with Crippen LogP contribution < -0.4 is 0 Å². The van der Waals surface area contributed by atoms with Crippen LogP contribution in [-0.4, -0.2) is 63.2 Å². The zero-order valence-electron chi connectivity index (χ0n) is 11.6. The molecular weight excluding hydrogens is 288 g/mol. The van der Waals surface area contributed by atoms with E-state index in [1.54, 1.807) is 0 Å². The number of rotatable bonds is 3. The van der Waals surface area contributed by atoms with E-state index in [9.17, 15) is 5.11 Å². The number of hydrogen-bond acceptors (Lipinski definition) is 5. The van der Waals surface area contributed by atoms with Crippen LogP contribution in [0.15, 0.2) is 24.4 Å². The Morgan fingerprint density at radius 1 is 1.20 bits per heavy atom. The molecule has 2 aliphatic heterocycles. The highest BCUT2D eigenvalue weighted by molar-refractivity contribution is 8.03. The van der Waals surface area contributed by atoms with Crippen molar-refractivity contribution in [1.82, 2.24) is 9.88 Å². The molecule has 3 heterocycles. The maximum absolute atomic E-state index is 10.3. The second kappa shape index (κ2) is 7.16. The molecule has 1 aromatic rings. The summed E-state index contributed by atoms with van der Waals surface area (Å²) in [6.07, 6.45) is 2.54. The Balaban J connectivity index is 1.58. The molecule has 3 nitrogen and oxygen atoms in total. The number of β-amino-alcohol motifs (C(OH)–C–C–N with tert-alkyl or cyclic N) is 1. The molecule has 0 bridgehead atoms. The number of nitrogens with zero attached hydrogens (tertiary/aromatic N) is 2. The van der Waals surface area contributed by atoms with Crippen LogP contribution in [0, 0.1) is 5.92 Å². The average Bonchev–Trinajstić information content (AvgIpc) is 2.70. The van der Waals surface area contributed by atoms with Gasteiger partial charge in [-0.1, -0.05) is 6.07 Å². The SMILES string of the molecule is O[C@@H]1CN(C2CSCCSC2)C[C@H]1Cc1ccccn1. The van der Waals surface area contributed by atoms with Gasteiger partial charge in [0.1, 0.15) is 0 Å². The van der Waals surface area contributed by atoms with Gasteiger partial charge in [-0.05, 0) is 18.6 Å². The van der Waals surface area contributed by atoms with Crippen molar-refractivity contribution in [3.8, 4) is 0 Å². The van der Waals surface area contributed by atoms with Gasteiger partial charge in [0.2, 0.25) is 0 Å². The largest absolute Gasteiger partial charge is 0.391 e. The molecule has 1 N–H and O–H groups in total. The Bertz CT molecular complexity index is 410. The summed E-state index contributed by atoms with van der Waals surface area (Å²) in [4.78, 5) is 6.89. The summed E-state index contributed by atoms with van der Waals surface area (Å²) in [6, 6.07) is 6.67. The molecule has 2 atom stereocenters. The summed E-state index contributed by atoms with van der Waals surface area (Å²) >= 11 is 4.12. The lowest BCUT2D eigenvalue weighted by molar-refractivity contribution is 0.138. The van der Waals surface area contributed by atoms with Crippen LogP contribution in [0.25, 0.3) is 0 Å². The third kappa shape index (κ3) is 3.70. The lowest BCUT2D eigenvalue weighted by Crippen LogP contribution is -2.37. The van der Waals surface area contributed by atoms with Crippen LogP contribution in [0.3, 0.4) is 0 Å². The molecule has 2 saturated heterocycles. The Kier molecular flexibility index (Phi) is 5.26. The summed E-state index contributed by atoms with van der Waals surface area (Å²) in [7, 11) is 0. The molecule has 5 heteroatoms. The highest BCUT2D eigenvalue weighted by Crippen LogP contribution is 2.27. The standard InChI is InChI=1S/C15H22N2OS2/c18-15-9-17(14-10-19-5-6-20-11-14)8-12(15)7-13-3-1-2-4-16-13/h1-4,12,14-15,18H,5-11H2/t12-,15-/m1/s1. The first kappa shape index (κ1) is 14.7. The van der Waals surface area contributed by atoms with Crippen molar-refractivity contribution >= 4 is 23.5 Å². The fourth-order valence-corrected chi connectivity index (χ4v) is 5.62. The zero-order valence-corrected chi connectivity index (χ0v) is 13.3. The number of likely N-dealkylation sites (tertiary alicyclic amines) is 1. The average molecular weight is 310 g/mol. The van der Waals surface area contributed by atoms with E-state index >= 15 is 0 Å². The van der Waals surface area contributed by atoms with Gasteiger partial charge in [0.05, 0.1) is 6.10 Å². The van der Waals surface area contributed by atoms with Gasteiger partial charge in [-0.25, -0.2) is 0 Å².